The van der Waals surface area contributed by atoms with E-state index in [2.05, 4.69) is 33.4 Å². The molecule has 1 fully saturated rings. The Morgan fingerprint density at radius 1 is 1.11 bits per heavy atom. The van der Waals surface area contributed by atoms with Crippen LogP contribution >= 0.6 is 23.5 Å². The molecule has 0 bridgehead atoms. The summed E-state index contributed by atoms with van der Waals surface area (Å²) in [5.41, 5.74) is -1.00. The number of rotatable bonds is 16. The third-order valence-electron chi connectivity index (χ3n) is 5.84. The Bertz CT molecular complexity index is 1600. The number of nitrogens with one attached hydrogen (secondary N) is 3. The molecule has 3 heterocycles. The van der Waals surface area contributed by atoms with E-state index in [9.17, 15) is 42.7 Å². The minimum absolute atomic E-state index is 0.0651. The van der Waals surface area contributed by atoms with E-state index in [0.717, 1.165) is 24.8 Å². The van der Waals surface area contributed by atoms with Crippen LogP contribution in [0.4, 0.5) is 0 Å². The van der Waals surface area contributed by atoms with Crippen LogP contribution in [0.15, 0.2) is 28.3 Å². The number of phosphoric ester groups is 1. The highest BCUT2D eigenvalue weighted by molar-refractivity contribution is 7.66. The summed E-state index contributed by atoms with van der Waals surface area (Å²) < 4.78 is 63.8. The Labute approximate surface area is 252 Å². The first-order valence-electron chi connectivity index (χ1n) is 12.6. The molecule has 6 atom stereocenters. The molecule has 0 aliphatic carbocycles. The van der Waals surface area contributed by atoms with Gasteiger partial charge in [0.05, 0.1) is 19.4 Å². The van der Waals surface area contributed by atoms with Gasteiger partial charge in [0.25, 0.3) is 5.56 Å². The number of esters is 1. The highest BCUT2D eigenvalue weighted by Gasteiger charge is 2.50. The van der Waals surface area contributed by atoms with Crippen molar-refractivity contribution in [1.29, 1.82) is 0 Å². The highest BCUT2D eigenvalue weighted by atomic mass is 31.3. The fourth-order valence-corrected chi connectivity index (χ4v) is 7.17. The fraction of sp³-hybridized carbons (Fsp3) is 0.550. The van der Waals surface area contributed by atoms with Crippen LogP contribution in [0.1, 0.15) is 30.8 Å². The molecule has 45 heavy (non-hydrogen) atoms. The van der Waals surface area contributed by atoms with E-state index in [1.807, 2.05) is 0 Å². The Morgan fingerprint density at radius 3 is 2.42 bits per heavy atom. The quantitative estimate of drug-likeness (QED) is 0.0608. The molecule has 1 aliphatic heterocycles. The van der Waals surface area contributed by atoms with E-state index >= 15 is 0 Å². The molecule has 252 valence electrons. The molecule has 0 saturated carbocycles. The number of hydrogen-bond donors (Lipinski definition) is 7. The zero-order valence-corrected chi connectivity index (χ0v) is 26.1. The van der Waals surface area contributed by atoms with Crippen LogP contribution < -0.4 is 16.6 Å². The smallest absolute Gasteiger partial charge is 0.457 e. The summed E-state index contributed by atoms with van der Waals surface area (Å²) in [7, 11) is -15.9. The summed E-state index contributed by atoms with van der Waals surface area (Å²) in [5.74, 6) is -1.17. The van der Waals surface area contributed by atoms with Gasteiger partial charge in [0.2, 0.25) is 5.91 Å². The van der Waals surface area contributed by atoms with Crippen molar-refractivity contribution in [3.8, 4) is 0 Å². The number of phosphoric acid groups is 3. The van der Waals surface area contributed by atoms with Crippen molar-refractivity contribution in [2.75, 3.05) is 20.3 Å². The zero-order valence-electron chi connectivity index (χ0n) is 23.4. The van der Waals surface area contributed by atoms with Gasteiger partial charge in [0.1, 0.15) is 12.2 Å². The SMILES string of the molecule is COC1C(OC(C)=O)[C@@H](COP(=O)(O)OP(=O)(O)OP(=O)(O)O)O[C@H]1n1cc(CCCNC(=O)Cc2cnc[nH]2)c(=O)[nH]c1=O. The molecule has 0 radical (unpaired) electrons. The zero-order chi connectivity index (χ0) is 33.6. The number of methoxy groups -OCH3 is 1. The number of aromatic amines is 2. The normalized spacial score (nSPS) is 22.8. The van der Waals surface area contributed by atoms with Gasteiger partial charge in [0.15, 0.2) is 12.3 Å². The van der Waals surface area contributed by atoms with Crippen molar-refractivity contribution >= 4 is 35.3 Å². The van der Waals surface area contributed by atoms with Crippen molar-refractivity contribution in [2.45, 2.75) is 50.7 Å². The lowest BCUT2D eigenvalue weighted by atomic mass is 10.1. The predicted octanol–water partition coefficient (Wildman–Crippen LogP) is -1.26. The maximum atomic E-state index is 12.8. The topological polar surface area (TPSA) is 317 Å². The number of nitrogens with zero attached hydrogens (tertiary/aromatic N) is 2. The van der Waals surface area contributed by atoms with Gasteiger partial charge in [-0.05, 0) is 12.8 Å². The van der Waals surface area contributed by atoms with Crippen molar-refractivity contribution in [2.24, 2.45) is 0 Å². The minimum Gasteiger partial charge on any atom is -0.457 e. The predicted molar refractivity (Wildman–Crippen MR) is 145 cm³/mol. The molecule has 4 unspecified atom stereocenters. The first-order valence-corrected chi connectivity index (χ1v) is 17.1. The van der Waals surface area contributed by atoms with Crippen LogP contribution in [-0.2, 0) is 63.5 Å². The van der Waals surface area contributed by atoms with Crippen molar-refractivity contribution in [3.05, 3.63) is 50.8 Å². The maximum Gasteiger partial charge on any atom is 0.490 e. The van der Waals surface area contributed by atoms with Gasteiger partial charge in [-0.15, -0.1) is 0 Å². The number of hydrogen-bond acceptors (Lipinski definition) is 14. The summed E-state index contributed by atoms with van der Waals surface area (Å²) >= 11 is 0. The minimum atomic E-state index is -5.82. The number of carbonyl (C=O) groups is 2. The molecule has 1 saturated heterocycles. The van der Waals surface area contributed by atoms with E-state index in [1.54, 1.807) is 0 Å². The van der Waals surface area contributed by atoms with Crippen LogP contribution in [0, 0.1) is 0 Å². The Morgan fingerprint density at radius 2 is 1.82 bits per heavy atom. The van der Waals surface area contributed by atoms with Gasteiger partial charge in [0, 0.05) is 44.2 Å². The van der Waals surface area contributed by atoms with Crippen LogP contribution in [0.2, 0.25) is 0 Å². The number of imidazole rings is 1. The molecule has 0 spiro atoms. The molecular formula is C20H30N5O17P3. The maximum absolute atomic E-state index is 12.8. The monoisotopic (exact) mass is 705 g/mol. The Balaban J connectivity index is 1.74. The van der Waals surface area contributed by atoms with Crippen LogP contribution in [0.3, 0.4) is 0 Å². The number of carbonyl (C=O) groups excluding carboxylic acids is 2. The van der Waals surface area contributed by atoms with Gasteiger partial charge in [-0.2, -0.15) is 8.62 Å². The Kier molecular flexibility index (Phi) is 12.3. The molecule has 2 aromatic heterocycles. The third-order valence-corrected chi connectivity index (χ3v) is 9.65. The standard InChI is InChI=1S/C20H30N5O17P3/c1-11(26)39-16-14(9-38-44(33,34)42-45(35,36)41-43(30,31)32)40-19(17(16)37-2)25-8-12(18(28)24-20(25)29)4-3-5-22-15(27)6-13-7-21-10-23-13/h7-8,10,14,16-17,19H,3-6,9H2,1-2H3,(H,21,23)(H,22,27)(H,33,34)(H,35,36)(H,24,28,29)(H2,30,31,32)/t14-,16?,17?,19-/m1/s1. The number of H-pyrrole nitrogens is 2. The summed E-state index contributed by atoms with van der Waals surface area (Å²) in [5, 5.41) is 2.68. The van der Waals surface area contributed by atoms with E-state index < -0.39 is 71.8 Å². The lowest BCUT2D eigenvalue weighted by Crippen LogP contribution is -2.41. The van der Waals surface area contributed by atoms with Crippen molar-refractivity contribution in [1.82, 2.24) is 24.8 Å². The first kappa shape index (κ1) is 36.6. The third kappa shape index (κ3) is 11.2. The van der Waals surface area contributed by atoms with Crippen molar-refractivity contribution in [3.63, 3.8) is 0 Å². The van der Waals surface area contributed by atoms with E-state index in [-0.39, 0.29) is 37.3 Å². The molecule has 2 aromatic rings. The molecule has 7 N–H and O–H groups in total. The van der Waals surface area contributed by atoms with Crippen LogP contribution in [0.5, 0.6) is 0 Å². The molecule has 3 rings (SSSR count). The summed E-state index contributed by atoms with van der Waals surface area (Å²) in [4.78, 5) is 94.3. The molecule has 25 heteroatoms. The average molecular weight is 705 g/mol. The number of amides is 1. The summed E-state index contributed by atoms with van der Waals surface area (Å²) in [6.45, 7) is 0.169. The first-order chi connectivity index (χ1) is 20.9. The Hall–Kier alpha value is -2.84. The molecule has 0 aromatic carbocycles. The summed E-state index contributed by atoms with van der Waals surface area (Å²) in [6, 6.07) is 0. The molecule has 1 aliphatic rings. The fourth-order valence-electron chi connectivity index (χ4n) is 4.14. The lowest BCUT2D eigenvalue weighted by molar-refractivity contribution is -0.154. The van der Waals surface area contributed by atoms with Crippen LogP contribution in [-0.4, -0.2) is 89.5 Å². The van der Waals surface area contributed by atoms with Gasteiger partial charge >= 0.3 is 35.1 Å². The van der Waals surface area contributed by atoms with Gasteiger partial charge in [-0.1, -0.05) is 0 Å². The second-order valence-corrected chi connectivity index (χ2v) is 13.7. The van der Waals surface area contributed by atoms with Gasteiger partial charge in [-0.25, -0.2) is 23.5 Å². The van der Waals surface area contributed by atoms with Crippen LogP contribution in [0.25, 0.3) is 0 Å². The van der Waals surface area contributed by atoms with E-state index in [4.69, 9.17) is 24.0 Å². The largest absolute Gasteiger partial charge is 0.490 e. The van der Waals surface area contributed by atoms with Crippen molar-refractivity contribution < 1.29 is 70.2 Å². The number of aromatic nitrogens is 4. The van der Waals surface area contributed by atoms with E-state index in [0.29, 0.717) is 5.69 Å². The molecular weight excluding hydrogens is 675 g/mol. The number of ether oxygens (including phenoxy) is 3. The second-order valence-electron chi connectivity index (χ2n) is 9.25. The second kappa shape index (κ2) is 15.2. The van der Waals surface area contributed by atoms with E-state index in [1.165, 1.54) is 12.5 Å². The highest BCUT2D eigenvalue weighted by Crippen LogP contribution is 2.66. The average Bonchev–Trinajstić information content (AvgIpc) is 3.51. The summed E-state index contributed by atoms with van der Waals surface area (Å²) in [6.07, 6.45) is -1.15. The number of aryl methyl sites for hydroxylation is 1. The molecule has 22 nitrogen and oxygen atoms in total. The van der Waals surface area contributed by atoms with Gasteiger partial charge < -0.3 is 44.1 Å². The lowest BCUT2D eigenvalue weighted by Gasteiger charge is -2.23. The van der Waals surface area contributed by atoms with Gasteiger partial charge in [-0.3, -0.25) is 28.5 Å². The molecule has 1 amide bonds.